The Morgan fingerprint density at radius 1 is 1.26 bits per heavy atom. The molecule has 0 spiro atoms. The minimum absolute atomic E-state index is 0. The fourth-order valence-electron chi connectivity index (χ4n) is 4.91. The first-order valence-electron chi connectivity index (χ1n) is 8.53. The first-order chi connectivity index (χ1) is 10.4. The molecule has 5 rings (SSSR count). The van der Waals surface area contributed by atoms with Crippen molar-refractivity contribution in [2.45, 2.75) is 57.7 Å². The van der Waals surface area contributed by atoms with Crippen molar-refractivity contribution in [3.05, 3.63) is 35.9 Å². The van der Waals surface area contributed by atoms with Crippen molar-refractivity contribution in [2.24, 2.45) is 23.0 Å². The summed E-state index contributed by atoms with van der Waals surface area (Å²) in [4.78, 5) is 0. The SMILES string of the molecule is CC1(C)C2C[C@@H]1[C@@H]1OB([C@@H](N)Cc3ccccc3)O[C@]1(C)C2.Cl. The predicted molar refractivity (Wildman–Crippen MR) is 95.5 cm³/mol. The Morgan fingerprint density at radius 3 is 2.61 bits per heavy atom. The highest BCUT2D eigenvalue weighted by Crippen LogP contribution is 2.64. The normalized spacial score (nSPS) is 38.3. The number of hydrogen-bond acceptors (Lipinski definition) is 3. The van der Waals surface area contributed by atoms with Crippen molar-refractivity contribution < 1.29 is 9.31 Å². The summed E-state index contributed by atoms with van der Waals surface area (Å²) in [6, 6.07) is 10.4. The Bertz CT molecular complexity index is 569. The lowest BCUT2D eigenvalue weighted by atomic mass is 9.45. The van der Waals surface area contributed by atoms with Gasteiger partial charge in [-0.3, -0.25) is 0 Å². The van der Waals surface area contributed by atoms with E-state index < -0.39 is 0 Å². The summed E-state index contributed by atoms with van der Waals surface area (Å²) in [7, 11) is -0.273. The van der Waals surface area contributed by atoms with Gasteiger partial charge in [-0.15, -0.1) is 12.4 Å². The van der Waals surface area contributed by atoms with E-state index in [9.17, 15) is 0 Å². The van der Waals surface area contributed by atoms with Gasteiger partial charge in [-0.2, -0.15) is 0 Å². The van der Waals surface area contributed by atoms with E-state index in [0.717, 1.165) is 18.8 Å². The molecule has 4 fully saturated rings. The lowest BCUT2D eigenvalue weighted by Gasteiger charge is -2.63. The molecule has 0 aromatic heterocycles. The second-order valence-corrected chi connectivity index (χ2v) is 8.27. The number of rotatable bonds is 3. The van der Waals surface area contributed by atoms with Crippen molar-refractivity contribution in [1.82, 2.24) is 0 Å². The third-order valence-electron chi connectivity index (χ3n) is 6.50. The fourth-order valence-corrected chi connectivity index (χ4v) is 4.91. The summed E-state index contributed by atoms with van der Waals surface area (Å²) in [6.07, 6.45) is 3.40. The number of hydrogen-bond donors (Lipinski definition) is 1. The fraction of sp³-hybridized carbons (Fsp3) is 0.667. The largest absolute Gasteiger partial charge is 0.475 e. The van der Waals surface area contributed by atoms with Crippen LogP contribution >= 0.6 is 12.4 Å². The molecular weight excluding hydrogens is 308 g/mol. The summed E-state index contributed by atoms with van der Waals surface area (Å²) in [6.45, 7) is 6.99. The first-order valence-corrected chi connectivity index (χ1v) is 8.53. The van der Waals surface area contributed by atoms with Gasteiger partial charge in [0.05, 0.1) is 11.7 Å². The van der Waals surface area contributed by atoms with Crippen LogP contribution in [0.15, 0.2) is 30.3 Å². The molecule has 0 amide bonds. The van der Waals surface area contributed by atoms with Crippen LogP contribution in [0.1, 0.15) is 39.2 Å². The molecule has 0 radical (unpaired) electrons. The number of halogens is 1. The standard InChI is InChI=1S/C18H26BNO2.ClH/c1-17(2)13-10-14(17)16-18(3,11-13)22-19(21-16)15(20)9-12-7-5-4-6-8-12;/h4-8,13-16H,9-11,20H2,1-3H3;1H/t13?,14-,15+,16+,18-;/m1./s1. The van der Waals surface area contributed by atoms with Crippen LogP contribution in [0.3, 0.4) is 0 Å². The van der Waals surface area contributed by atoms with Crippen molar-refractivity contribution in [1.29, 1.82) is 0 Å². The van der Waals surface area contributed by atoms with E-state index in [4.69, 9.17) is 15.0 Å². The van der Waals surface area contributed by atoms with Gasteiger partial charge in [-0.05, 0) is 49.0 Å². The van der Waals surface area contributed by atoms with Crippen LogP contribution in [-0.4, -0.2) is 24.8 Å². The van der Waals surface area contributed by atoms with Crippen LogP contribution in [0.2, 0.25) is 0 Å². The highest BCUT2D eigenvalue weighted by Gasteiger charge is 2.67. The van der Waals surface area contributed by atoms with Gasteiger partial charge in [0.1, 0.15) is 0 Å². The molecule has 2 N–H and O–H groups in total. The molecule has 1 aromatic rings. The first kappa shape index (κ1) is 17.3. The van der Waals surface area contributed by atoms with Crippen LogP contribution < -0.4 is 5.73 Å². The molecule has 1 unspecified atom stereocenters. The minimum Gasteiger partial charge on any atom is -0.404 e. The van der Waals surface area contributed by atoms with E-state index in [0.29, 0.717) is 11.3 Å². The van der Waals surface area contributed by atoms with E-state index in [1.807, 2.05) is 6.07 Å². The van der Waals surface area contributed by atoms with Crippen LogP contribution in [0.4, 0.5) is 0 Å². The second kappa shape index (κ2) is 5.77. The molecule has 1 heterocycles. The minimum atomic E-state index is -0.273. The lowest BCUT2D eigenvalue weighted by Crippen LogP contribution is -2.63. The van der Waals surface area contributed by atoms with Crippen LogP contribution in [-0.2, 0) is 15.7 Å². The molecule has 5 heteroatoms. The third kappa shape index (κ3) is 2.64. The molecule has 3 nitrogen and oxygen atoms in total. The van der Waals surface area contributed by atoms with Crippen LogP contribution in [0.25, 0.3) is 0 Å². The van der Waals surface area contributed by atoms with Gasteiger partial charge in [0.2, 0.25) is 0 Å². The van der Waals surface area contributed by atoms with Crippen molar-refractivity contribution >= 4 is 19.5 Å². The number of nitrogens with two attached hydrogens (primary N) is 1. The molecule has 4 aliphatic rings. The van der Waals surface area contributed by atoms with Crippen molar-refractivity contribution in [3.8, 4) is 0 Å². The quantitative estimate of drug-likeness (QED) is 0.862. The maximum atomic E-state index is 6.40. The average molecular weight is 336 g/mol. The zero-order chi connectivity index (χ0) is 15.5. The Hall–Kier alpha value is -0.545. The molecule has 126 valence electrons. The van der Waals surface area contributed by atoms with E-state index in [-0.39, 0.29) is 37.2 Å². The van der Waals surface area contributed by atoms with E-state index >= 15 is 0 Å². The highest BCUT2D eigenvalue weighted by atomic mass is 35.5. The molecule has 1 aliphatic heterocycles. The van der Waals surface area contributed by atoms with Gasteiger partial charge < -0.3 is 15.0 Å². The Labute approximate surface area is 145 Å². The smallest absolute Gasteiger partial charge is 0.404 e. The Kier molecular flexibility index (Phi) is 4.33. The average Bonchev–Trinajstić information content (AvgIpc) is 2.85. The molecule has 3 aliphatic carbocycles. The summed E-state index contributed by atoms with van der Waals surface area (Å²) in [5.41, 5.74) is 7.90. The Morgan fingerprint density at radius 2 is 1.96 bits per heavy atom. The highest BCUT2D eigenvalue weighted by molar-refractivity contribution is 6.47. The van der Waals surface area contributed by atoms with Crippen molar-refractivity contribution in [3.63, 3.8) is 0 Å². The van der Waals surface area contributed by atoms with Crippen LogP contribution in [0, 0.1) is 17.3 Å². The third-order valence-corrected chi connectivity index (χ3v) is 6.50. The van der Waals surface area contributed by atoms with Crippen LogP contribution in [0.5, 0.6) is 0 Å². The molecule has 1 aromatic carbocycles. The van der Waals surface area contributed by atoms with E-state index in [1.165, 1.54) is 12.0 Å². The van der Waals surface area contributed by atoms with Gasteiger partial charge in [0, 0.05) is 5.94 Å². The van der Waals surface area contributed by atoms with E-state index in [2.05, 4.69) is 45.0 Å². The van der Waals surface area contributed by atoms with Gasteiger partial charge in [-0.25, -0.2) is 0 Å². The maximum Gasteiger partial charge on any atom is 0.475 e. The molecule has 1 saturated heterocycles. The molecular formula is C18H27BClNO2. The monoisotopic (exact) mass is 335 g/mol. The summed E-state index contributed by atoms with van der Waals surface area (Å²) < 4.78 is 12.7. The zero-order valence-corrected chi connectivity index (χ0v) is 15.0. The molecule has 5 atom stereocenters. The maximum absolute atomic E-state index is 6.40. The van der Waals surface area contributed by atoms with Gasteiger partial charge in [0.25, 0.3) is 0 Å². The molecule has 23 heavy (non-hydrogen) atoms. The number of benzene rings is 1. The van der Waals surface area contributed by atoms with Gasteiger partial charge >= 0.3 is 7.12 Å². The second-order valence-electron chi connectivity index (χ2n) is 8.27. The van der Waals surface area contributed by atoms with Crippen molar-refractivity contribution in [2.75, 3.05) is 0 Å². The summed E-state index contributed by atoms with van der Waals surface area (Å²) >= 11 is 0. The summed E-state index contributed by atoms with van der Waals surface area (Å²) in [5.74, 6) is 1.28. The Balaban J connectivity index is 0.00000156. The molecule has 2 bridgehead atoms. The lowest BCUT2D eigenvalue weighted by molar-refractivity contribution is -0.185. The van der Waals surface area contributed by atoms with Gasteiger partial charge in [0.15, 0.2) is 0 Å². The topological polar surface area (TPSA) is 44.5 Å². The zero-order valence-electron chi connectivity index (χ0n) is 14.2. The van der Waals surface area contributed by atoms with E-state index in [1.54, 1.807) is 0 Å². The molecule has 3 saturated carbocycles. The predicted octanol–water partition coefficient (Wildman–Crippen LogP) is 3.25. The van der Waals surface area contributed by atoms with Gasteiger partial charge in [-0.1, -0.05) is 44.2 Å². The summed E-state index contributed by atoms with van der Waals surface area (Å²) in [5, 5.41) is 0.